The van der Waals surface area contributed by atoms with Gasteiger partial charge < -0.3 is 5.11 Å². The average Bonchev–Trinajstić information content (AvgIpc) is 2.55. The van der Waals surface area contributed by atoms with Crippen LogP contribution in [0.3, 0.4) is 0 Å². The second kappa shape index (κ2) is 9.62. The molecule has 2 aromatic rings. The van der Waals surface area contributed by atoms with E-state index in [1.165, 1.54) is 11.1 Å². The fraction of sp³-hybridized carbons (Fsp3) is 0.368. The van der Waals surface area contributed by atoms with Gasteiger partial charge in [0.2, 0.25) is 0 Å². The molecule has 0 saturated heterocycles. The molecule has 22 heavy (non-hydrogen) atoms. The minimum Gasteiger partial charge on any atom is -0.392 e. The van der Waals surface area contributed by atoms with Gasteiger partial charge in [-0.1, -0.05) is 60.7 Å². The average molecular weight is 318 g/mol. The van der Waals surface area contributed by atoms with E-state index in [2.05, 4.69) is 53.4 Å². The van der Waals surface area contributed by atoms with Crippen LogP contribution in [-0.2, 0) is 13.1 Å². The maximum atomic E-state index is 10.2. The maximum absolute atomic E-state index is 10.2. The molecule has 1 N–H and O–H groups in total. The van der Waals surface area contributed by atoms with Crippen molar-refractivity contribution in [2.45, 2.75) is 32.0 Å². The van der Waals surface area contributed by atoms with E-state index in [4.69, 9.17) is 11.6 Å². The molecule has 2 rings (SSSR count). The molecule has 0 amide bonds. The van der Waals surface area contributed by atoms with E-state index in [9.17, 15) is 5.11 Å². The minimum absolute atomic E-state index is 0.328. The SMILES string of the molecule is O[C@@H](CCCCl)CN(Cc1ccccc1)Cc1ccccc1. The predicted molar refractivity (Wildman–Crippen MR) is 93.0 cm³/mol. The Kier molecular flexibility index (Phi) is 7.44. The Morgan fingerprint density at radius 2 is 1.36 bits per heavy atom. The molecule has 0 heterocycles. The first-order chi connectivity index (χ1) is 10.8. The standard InChI is InChI=1S/C19H24ClNO/c20-13-7-12-19(22)16-21(14-17-8-3-1-4-9-17)15-18-10-5-2-6-11-18/h1-6,8-11,19,22H,7,12-16H2/t19-/m0/s1. The lowest BCUT2D eigenvalue weighted by Crippen LogP contribution is -2.31. The van der Waals surface area contributed by atoms with E-state index in [0.717, 1.165) is 25.9 Å². The Morgan fingerprint density at radius 1 is 0.864 bits per heavy atom. The Labute approximate surface area is 138 Å². The molecule has 3 heteroatoms. The topological polar surface area (TPSA) is 23.5 Å². The van der Waals surface area contributed by atoms with Crippen LogP contribution in [0.15, 0.2) is 60.7 Å². The summed E-state index contributed by atoms with van der Waals surface area (Å²) in [7, 11) is 0. The second-order valence-electron chi connectivity index (χ2n) is 5.63. The molecule has 0 aromatic heterocycles. The van der Waals surface area contributed by atoms with E-state index in [-0.39, 0.29) is 6.10 Å². The number of rotatable bonds is 9. The van der Waals surface area contributed by atoms with Crippen LogP contribution in [0.4, 0.5) is 0 Å². The van der Waals surface area contributed by atoms with Crippen LogP contribution in [0.25, 0.3) is 0 Å². The van der Waals surface area contributed by atoms with Gasteiger partial charge in [-0.2, -0.15) is 0 Å². The highest BCUT2D eigenvalue weighted by Crippen LogP contribution is 2.12. The first-order valence-corrected chi connectivity index (χ1v) is 8.35. The first kappa shape index (κ1) is 17.0. The molecule has 2 nitrogen and oxygen atoms in total. The van der Waals surface area contributed by atoms with E-state index in [1.807, 2.05) is 12.1 Å². The minimum atomic E-state index is -0.328. The smallest absolute Gasteiger partial charge is 0.0667 e. The molecular weight excluding hydrogens is 294 g/mol. The normalized spacial score (nSPS) is 12.5. The molecule has 0 saturated carbocycles. The molecule has 0 radical (unpaired) electrons. The van der Waals surface area contributed by atoms with Gasteiger partial charge in [0, 0.05) is 25.5 Å². The summed E-state index contributed by atoms with van der Waals surface area (Å²) in [5.74, 6) is 0.606. The number of aliphatic hydroxyl groups is 1. The highest BCUT2D eigenvalue weighted by molar-refractivity contribution is 6.17. The number of benzene rings is 2. The third kappa shape index (κ3) is 6.18. The van der Waals surface area contributed by atoms with Crippen molar-refractivity contribution >= 4 is 11.6 Å². The molecule has 2 aromatic carbocycles. The molecule has 0 bridgehead atoms. The van der Waals surface area contributed by atoms with Gasteiger partial charge in [-0.15, -0.1) is 11.6 Å². The van der Waals surface area contributed by atoms with Crippen LogP contribution in [0.2, 0.25) is 0 Å². The lowest BCUT2D eigenvalue weighted by atomic mass is 10.1. The Hall–Kier alpha value is -1.35. The van der Waals surface area contributed by atoms with Gasteiger partial charge in [0.15, 0.2) is 0 Å². The van der Waals surface area contributed by atoms with Crippen molar-refractivity contribution < 1.29 is 5.11 Å². The molecule has 118 valence electrons. The van der Waals surface area contributed by atoms with E-state index in [1.54, 1.807) is 0 Å². The Bertz CT molecular complexity index is 476. The first-order valence-electron chi connectivity index (χ1n) is 7.82. The molecule has 0 aliphatic heterocycles. The van der Waals surface area contributed by atoms with Gasteiger partial charge in [0.1, 0.15) is 0 Å². The van der Waals surface area contributed by atoms with Gasteiger partial charge in [-0.05, 0) is 24.0 Å². The Morgan fingerprint density at radius 3 is 1.82 bits per heavy atom. The fourth-order valence-electron chi connectivity index (χ4n) is 2.57. The molecule has 0 aliphatic rings. The predicted octanol–water partition coefficient (Wildman–Crippen LogP) is 4.07. The largest absolute Gasteiger partial charge is 0.392 e. The zero-order valence-corrected chi connectivity index (χ0v) is 13.6. The van der Waals surface area contributed by atoms with Crippen molar-refractivity contribution in [1.29, 1.82) is 0 Å². The van der Waals surface area contributed by atoms with Crippen molar-refractivity contribution in [2.75, 3.05) is 12.4 Å². The van der Waals surface area contributed by atoms with Crippen LogP contribution in [0, 0.1) is 0 Å². The quantitative estimate of drug-likeness (QED) is 0.705. The van der Waals surface area contributed by atoms with Gasteiger partial charge >= 0.3 is 0 Å². The molecule has 0 unspecified atom stereocenters. The van der Waals surface area contributed by atoms with E-state index in [0.29, 0.717) is 12.4 Å². The van der Waals surface area contributed by atoms with Crippen LogP contribution in [-0.4, -0.2) is 28.5 Å². The summed E-state index contributed by atoms with van der Waals surface area (Å²) in [6, 6.07) is 20.8. The third-order valence-electron chi connectivity index (χ3n) is 3.64. The molecule has 0 fully saturated rings. The lowest BCUT2D eigenvalue weighted by molar-refractivity contribution is 0.0972. The highest BCUT2D eigenvalue weighted by atomic mass is 35.5. The van der Waals surface area contributed by atoms with E-state index < -0.39 is 0 Å². The number of aliphatic hydroxyl groups excluding tert-OH is 1. The van der Waals surface area contributed by atoms with Gasteiger partial charge in [0.05, 0.1) is 6.10 Å². The summed E-state index contributed by atoms with van der Waals surface area (Å²) in [6.45, 7) is 2.35. The lowest BCUT2D eigenvalue weighted by Gasteiger charge is -2.25. The van der Waals surface area contributed by atoms with Crippen molar-refractivity contribution in [2.24, 2.45) is 0 Å². The molecule has 0 spiro atoms. The van der Waals surface area contributed by atoms with Crippen LogP contribution < -0.4 is 0 Å². The number of alkyl halides is 1. The maximum Gasteiger partial charge on any atom is 0.0667 e. The summed E-state index contributed by atoms with van der Waals surface area (Å²) in [6.07, 6.45) is 1.28. The van der Waals surface area contributed by atoms with Gasteiger partial charge in [0.25, 0.3) is 0 Å². The number of hydrogen-bond donors (Lipinski definition) is 1. The van der Waals surface area contributed by atoms with E-state index >= 15 is 0 Å². The van der Waals surface area contributed by atoms with Gasteiger partial charge in [-0.3, -0.25) is 4.90 Å². The summed E-state index contributed by atoms with van der Waals surface area (Å²) in [5, 5.41) is 10.2. The third-order valence-corrected chi connectivity index (χ3v) is 3.91. The molecular formula is C19H24ClNO. The van der Waals surface area contributed by atoms with Crippen molar-refractivity contribution in [3.8, 4) is 0 Å². The van der Waals surface area contributed by atoms with Crippen LogP contribution in [0.5, 0.6) is 0 Å². The fourth-order valence-corrected chi connectivity index (χ4v) is 2.72. The zero-order chi connectivity index (χ0) is 15.6. The van der Waals surface area contributed by atoms with Gasteiger partial charge in [-0.25, -0.2) is 0 Å². The summed E-state index contributed by atoms with van der Waals surface area (Å²) in [5.41, 5.74) is 2.53. The highest BCUT2D eigenvalue weighted by Gasteiger charge is 2.12. The second-order valence-corrected chi connectivity index (χ2v) is 6.00. The number of halogens is 1. The monoisotopic (exact) mass is 317 g/mol. The summed E-state index contributed by atoms with van der Waals surface area (Å²) >= 11 is 5.72. The number of hydrogen-bond acceptors (Lipinski definition) is 2. The molecule has 0 aliphatic carbocycles. The van der Waals surface area contributed by atoms with Crippen LogP contribution >= 0.6 is 11.6 Å². The summed E-state index contributed by atoms with van der Waals surface area (Å²) < 4.78 is 0. The zero-order valence-electron chi connectivity index (χ0n) is 12.9. The van der Waals surface area contributed by atoms with Crippen LogP contribution in [0.1, 0.15) is 24.0 Å². The Balaban J connectivity index is 1.99. The van der Waals surface area contributed by atoms with Crippen molar-refractivity contribution in [1.82, 2.24) is 4.90 Å². The summed E-state index contributed by atoms with van der Waals surface area (Å²) in [4.78, 5) is 2.30. The number of nitrogens with zero attached hydrogens (tertiary/aromatic N) is 1. The van der Waals surface area contributed by atoms with Crippen molar-refractivity contribution in [3.63, 3.8) is 0 Å². The molecule has 1 atom stereocenters. The van der Waals surface area contributed by atoms with Crippen molar-refractivity contribution in [3.05, 3.63) is 71.8 Å².